The first-order valence-electron chi connectivity index (χ1n) is 7.18. The van der Waals surface area contributed by atoms with Crippen LogP contribution in [-0.2, 0) is 13.0 Å². The average Bonchev–Trinajstić information content (AvgIpc) is 2.47. The van der Waals surface area contributed by atoms with Crippen LogP contribution in [0.4, 0.5) is 8.78 Å². The highest BCUT2D eigenvalue weighted by molar-refractivity contribution is 5.18. The first-order valence-corrected chi connectivity index (χ1v) is 7.18. The van der Waals surface area contributed by atoms with Crippen LogP contribution >= 0.6 is 0 Å². The fraction of sp³-hybridized carbons (Fsp3) is 0.294. The molecule has 0 bridgehead atoms. The van der Waals surface area contributed by atoms with Crippen molar-refractivity contribution in [3.05, 3.63) is 71.3 Å². The predicted molar refractivity (Wildman–Crippen MR) is 82.2 cm³/mol. The van der Waals surface area contributed by atoms with Crippen LogP contribution in [-0.4, -0.2) is 23.8 Å². The first-order chi connectivity index (χ1) is 10.5. The maximum atomic E-state index is 13.0. The lowest BCUT2D eigenvalue weighted by Crippen LogP contribution is -2.43. The lowest BCUT2D eigenvalue weighted by atomic mass is 10.0. The van der Waals surface area contributed by atoms with Crippen LogP contribution in [0.2, 0.25) is 0 Å². The molecule has 0 saturated heterocycles. The smallest absolute Gasteiger partial charge is 0.126 e. The Labute approximate surface area is 128 Å². The standard InChI is InChI=1S/C17H20F2N2O/c18-14-6-13(7-15(19)9-14)10-21-11-17(22)16(20)8-12-4-2-1-3-5-12/h1-7,9,16-17,21-22H,8,10-11,20H2/t16-,17+/m0/s1. The molecule has 0 aliphatic rings. The maximum Gasteiger partial charge on any atom is 0.126 e. The molecule has 5 heteroatoms. The van der Waals surface area contributed by atoms with Crippen molar-refractivity contribution >= 4 is 0 Å². The monoisotopic (exact) mass is 306 g/mol. The van der Waals surface area contributed by atoms with Gasteiger partial charge < -0.3 is 16.2 Å². The second-order valence-corrected chi connectivity index (χ2v) is 5.33. The van der Waals surface area contributed by atoms with Crippen molar-refractivity contribution in [2.75, 3.05) is 6.54 Å². The highest BCUT2D eigenvalue weighted by atomic mass is 19.1. The molecule has 3 nitrogen and oxygen atoms in total. The van der Waals surface area contributed by atoms with Crippen molar-refractivity contribution in [1.82, 2.24) is 5.32 Å². The molecule has 0 aliphatic heterocycles. The van der Waals surface area contributed by atoms with Crippen molar-refractivity contribution in [3.8, 4) is 0 Å². The number of nitrogens with two attached hydrogens (primary N) is 1. The van der Waals surface area contributed by atoms with Gasteiger partial charge in [-0.25, -0.2) is 8.78 Å². The molecule has 2 aromatic carbocycles. The quantitative estimate of drug-likeness (QED) is 0.733. The van der Waals surface area contributed by atoms with Crippen LogP contribution in [0.15, 0.2) is 48.5 Å². The molecule has 2 aromatic rings. The van der Waals surface area contributed by atoms with E-state index in [0.29, 0.717) is 12.0 Å². The van der Waals surface area contributed by atoms with Gasteiger partial charge in [0.25, 0.3) is 0 Å². The molecule has 0 aliphatic carbocycles. The SMILES string of the molecule is N[C@@H](Cc1ccccc1)[C@H](O)CNCc1cc(F)cc(F)c1. The molecule has 0 radical (unpaired) electrons. The number of aliphatic hydroxyl groups is 1. The van der Waals surface area contributed by atoms with E-state index >= 15 is 0 Å². The number of halogens is 2. The minimum atomic E-state index is -0.737. The summed E-state index contributed by atoms with van der Waals surface area (Å²) in [5, 5.41) is 13.0. The Bertz CT molecular complexity index is 572. The summed E-state index contributed by atoms with van der Waals surface area (Å²) in [4.78, 5) is 0. The van der Waals surface area contributed by atoms with Crippen LogP contribution < -0.4 is 11.1 Å². The van der Waals surface area contributed by atoms with E-state index in [2.05, 4.69) is 5.32 Å². The number of rotatable bonds is 7. The van der Waals surface area contributed by atoms with Gasteiger partial charge in [0.15, 0.2) is 0 Å². The highest BCUT2D eigenvalue weighted by Crippen LogP contribution is 2.08. The van der Waals surface area contributed by atoms with E-state index in [1.165, 1.54) is 12.1 Å². The van der Waals surface area contributed by atoms with E-state index in [-0.39, 0.29) is 13.1 Å². The number of aliphatic hydroxyl groups excluding tert-OH is 1. The van der Waals surface area contributed by atoms with Crippen LogP contribution in [0.1, 0.15) is 11.1 Å². The maximum absolute atomic E-state index is 13.0. The molecule has 22 heavy (non-hydrogen) atoms. The lowest BCUT2D eigenvalue weighted by molar-refractivity contribution is 0.141. The van der Waals surface area contributed by atoms with E-state index < -0.39 is 23.8 Å². The third-order valence-electron chi connectivity index (χ3n) is 3.41. The minimum Gasteiger partial charge on any atom is -0.390 e. The second-order valence-electron chi connectivity index (χ2n) is 5.33. The average molecular weight is 306 g/mol. The summed E-state index contributed by atoms with van der Waals surface area (Å²) >= 11 is 0. The van der Waals surface area contributed by atoms with Gasteiger partial charge in [-0.3, -0.25) is 0 Å². The van der Waals surface area contributed by atoms with Crippen LogP contribution in [0.25, 0.3) is 0 Å². The van der Waals surface area contributed by atoms with Gasteiger partial charge in [0.1, 0.15) is 11.6 Å². The molecule has 2 rings (SSSR count). The molecule has 0 saturated carbocycles. The molecule has 0 fully saturated rings. The summed E-state index contributed by atoms with van der Waals surface area (Å²) in [6, 6.07) is 12.6. The van der Waals surface area contributed by atoms with E-state index in [0.717, 1.165) is 11.6 Å². The fourth-order valence-corrected chi connectivity index (χ4v) is 2.25. The zero-order valence-electron chi connectivity index (χ0n) is 12.2. The van der Waals surface area contributed by atoms with E-state index in [1.807, 2.05) is 30.3 Å². The molecule has 0 amide bonds. The molecular formula is C17H20F2N2O. The third-order valence-corrected chi connectivity index (χ3v) is 3.41. The zero-order valence-corrected chi connectivity index (χ0v) is 12.2. The topological polar surface area (TPSA) is 58.3 Å². The summed E-state index contributed by atoms with van der Waals surface area (Å²) in [7, 11) is 0. The van der Waals surface area contributed by atoms with Gasteiger partial charge in [0.2, 0.25) is 0 Å². The normalized spacial score (nSPS) is 13.8. The van der Waals surface area contributed by atoms with Gasteiger partial charge in [0, 0.05) is 25.2 Å². The summed E-state index contributed by atoms with van der Waals surface area (Å²) < 4.78 is 26.1. The fourth-order valence-electron chi connectivity index (χ4n) is 2.25. The number of benzene rings is 2. The van der Waals surface area contributed by atoms with Crippen molar-refractivity contribution in [2.24, 2.45) is 5.73 Å². The summed E-state index contributed by atoms with van der Waals surface area (Å²) in [6.45, 7) is 0.524. The summed E-state index contributed by atoms with van der Waals surface area (Å²) in [6.07, 6.45) is -0.170. The van der Waals surface area contributed by atoms with Crippen LogP contribution in [0, 0.1) is 11.6 Å². The summed E-state index contributed by atoms with van der Waals surface area (Å²) in [5.74, 6) is -1.23. The zero-order chi connectivity index (χ0) is 15.9. The molecule has 4 N–H and O–H groups in total. The Morgan fingerprint density at radius 3 is 2.27 bits per heavy atom. The molecule has 0 unspecified atom stereocenters. The summed E-state index contributed by atoms with van der Waals surface area (Å²) in [5.41, 5.74) is 7.51. The Balaban J connectivity index is 1.78. The van der Waals surface area contributed by atoms with Gasteiger partial charge in [-0.15, -0.1) is 0 Å². The van der Waals surface area contributed by atoms with Gasteiger partial charge in [-0.05, 0) is 29.7 Å². The van der Waals surface area contributed by atoms with Gasteiger partial charge >= 0.3 is 0 Å². The Kier molecular flexibility index (Phi) is 6.00. The minimum absolute atomic E-state index is 0.256. The van der Waals surface area contributed by atoms with Crippen molar-refractivity contribution in [2.45, 2.75) is 25.1 Å². The molecule has 0 aromatic heterocycles. The van der Waals surface area contributed by atoms with Gasteiger partial charge in [-0.2, -0.15) is 0 Å². The molecule has 0 heterocycles. The molecular weight excluding hydrogens is 286 g/mol. The Hall–Kier alpha value is -1.82. The third kappa shape index (κ3) is 5.18. The second kappa shape index (κ2) is 7.98. The Morgan fingerprint density at radius 2 is 1.64 bits per heavy atom. The van der Waals surface area contributed by atoms with Crippen molar-refractivity contribution in [1.29, 1.82) is 0 Å². The van der Waals surface area contributed by atoms with Gasteiger partial charge in [0.05, 0.1) is 6.10 Å². The van der Waals surface area contributed by atoms with Crippen LogP contribution in [0.5, 0.6) is 0 Å². The first kappa shape index (κ1) is 16.5. The van der Waals surface area contributed by atoms with E-state index in [1.54, 1.807) is 0 Å². The molecule has 2 atom stereocenters. The van der Waals surface area contributed by atoms with E-state index in [4.69, 9.17) is 5.73 Å². The van der Waals surface area contributed by atoms with Crippen LogP contribution in [0.3, 0.4) is 0 Å². The molecule has 0 spiro atoms. The van der Waals surface area contributed by atoms with E-state index in [9.17, 15) is 13.9 Å². The highest BCUT2D eigenvalue weighted by Gasteiger charge is 2.14. The van der Waals surface area contributed by atoms with Crippen molar-refractivity contribution < 1.29 is 13.9 Å². The van der Waals surface area contributed by atoms with Gasteiger partial charge in [-0.1, -0.05) is 30.3 Å². The number of hydrogen-bond donors (Lipinski definition) is 3. The molecule has 118 valence electrons. The number of nitrogens with one attached hydrogen (secondary N) is 1. The lowest BCUT2D eigenvalue weighted by Gasteiger charge is -2.19. The van der Waals surface area contributed by atoms with Crippen molar-refractivity contribution in [3.63, 3.8) is 0 Å². The number of hydrogen-bond acceptors (Lipinski definition) is 3. The predicted octanol–water partition coefficient (Wildman–Crippen LogP) is 1.99. The Morgan fingerprint density at radius 1 is 1.00 bits per heavy atom. The largest absolute Gasteiger partial charge is 0.390 e.